The van der Waals surface area contributed by atoms with Crippen molar-refractivity contribution in [2.75, 3.05) is 37.9 Å². The lowest BCUT2D eigenvalue weighted by Gasteiger charge is -2.27. The molecule has 39 heavy (non-hydrogen) atoms. The number of nitrogens with one attached hydrogen (secondary N) is 2. The summed E-state index contributed by atoms with van der Waals surface area (Å²) in [5.41, 5.74) is 1.89. The zero-order valence-electron chi connectivity index (χ0n) is 21.3. The lowest BCUT2D eigenvalue weighted by atomic mass is 9.96. The van der Waals surface area contributed by atoms with E-state index in [0.29, 0.717) is 0 Å². The molecule has 1 aliphatic rings. The molecule has 17 nitrogen and oxygen atoms in total. The third kappa shape index (κ3) is 7.03. The van der Waals surface area contributed by atoms with Crippen LogP contribution in [0.3, 0.4) is 0 Å². The highest BCUT2D eigenvalue weighted by Crippen LogP contribution is 2.46. The summed E-state index contributed by atoms with van der Waals surface area (Å²) < 4.78 is 30.7. The average molecular weight is 595 g/mol. The molecule has 1 saturated heterocycles. The van der Waals surface area contributed by atoms with Gasteiger partial charge < -0.3 is 30.9 Å². The predicted molar refractivity (Wildman–Crippen MR) is 137 cm³/mol. The van der Waals surface area contributed by atoms with Crippen molar-refractivity contribution >= 4 is 47.7 Å². The Hall–Kier alpha value is -2.41. The zero-order valence-corrected chi connectivity index (χ0v) is 23.0. The summed E-state index contributed by atoms with van der Waals surface area (Å²) in [4.78, 5) is 45.5. The zero-order chi connectivity index (χ0) is 29.2. The number of ether oxygens (including phenoxy) is 1. The molecule has 2 aromatic heterocycles. The van der Waals surface area contributed by atoms with Gasteiger partial charge in [0.15, 0.2) is 22.5 Å². The van der Waals surface area contributed by atoms with E-state index in [1.165, 1.54) is 17.8 Å². The number of aromatic nitrogens is 4. The molecule has 0 spiro atoms. The summed E-state index contributed by atoms with van der Waals surface area (Å²) in [6, 6.07) is 0. The van der Waals surface area contributed by atoms with Crippen molar-refractivity contribution < 1.29 is 48.4 Å². The fourth-order valence-corrected chi connectivity index (χ4v) is 5.70. The van der Waals surface area contributed by atoms with Crippen molar-refractivity contribution in [3.05, 3.63) is 16.7 Å². The van der Waals surface area contributed by atoms with Crippen LogP contribution in [0.4, 0.5) is 5.95 Å². The van der Waals surface area contributed by atoms with Gasteiger partial charge in [-0.25, -0.2) is 14.6 Å². The van der Waals surface area contributed by atoms with Gasteiger partial charge in [0.1, 0.15) is 24.4 Å². The van der Waals surface area contributed by atoms with Crippen LogP contribution >= 0.6 is 19.5 Å². The summed E-state index contributed by atoms with van der Waals surface area (Å²) in [6.07, 6.45) is -3.07. The number of imidazole rings is 1. The first-order valence-electron chi connectivity index (χ1n) is 11.5. The summed E-state index contributed by atoms with van der Waals surface area (Å²) in [7, 11) is -4.30. The molecule has 0 saturated carbocycles. The minimum atomic E-state index is -4.30. The molecule has 8 N–H and O–H groups in total. The van der Waals surface area contributed by atoms with Crippen LogP contribution in [0, 0.1) is 5.41 Å². The summed E-state index contributed by atoms with van der Waals surface area (Å²) in [5, 5.41) is 41.9. The van der Waals surface area contributed by atoms with Gasteiger partial charge in [0, 0.05) is 5.75 Å². The second-order valence-corrected chi connectivity index (χ2v) is 12.4. The van der Waals surface area contributed by atoms with Crippen LogP contribution in [0.2, 0.25) is 0 Å². The first kappa shape index (κ1) is 31.1. The molecule has 3 rings (SSSR count). The van der Waals surface area contributed by atoms with Crippen LogP contribution in [0.25, 0.3) is 11.2 Å². The number of aromatic amines is 1. The third-order valence-electron chi connectivity index (χ3n) is 5.82. The lowest BCUT2D eigenvalue weighted by Crippen LogP contribution is -2.44. The van der Waals surface area contributed by atoms with Gasteiger partial charge in [-0.2, -0.15) is 4.98 Å². The number of carbonyl (C=O) groups is 2. The molecule has 3 heterocycles. The molecule has 5 unspecified atom stereocenters. The Morgan fingerprint density at radius 3 is 2.74 bits per heavy atom. The van der Waals surface area contributed by atoms with Crippen LogP contribution in [-0.4, -0.2) is 101 Å². The van der Waals surface area contributed by atoms with E-state index in [0.717, 1.165) is 11.8 Å². The van der Waals surface area contributed by atoms with Crippen molar-refractivity contribution in [1.82, 2.24) is 24.6 Å². The highest BCUT2D eigenvalue weighted by molar-refractivity contribution is 8.13. The van der Waals surface area contributed by atoms with E-state index in [4.69, 9.17) is 24.6 Å². The largest absolute Gasteiger partial charge is 0.480 e. The number of nitrogens with zero attached hydrogens (tertiary/aromatic N) is 3. The smallest absolute Gasteiger partial charge is 0.406 e. The number of carboxylic acids is 1. The quantitative estimate of drug-likeness (QED) is 0.106. The van der Waals surface area contributed by atoms with Crippen LogP contribution in [0.5, 0.6) is 0 Å². The Balaban J connectivity index is 1.70. The summed E-state index contributed by atoms with van der Waals surface area (Å²) in [6.45, 7) is 2.28. The minimum Gasteiger partial charge on any atom is -0.480 e. The normalized spacial score (nSPS) is 25.1. The van der Waals surface area contributed by atoms with E-state index in [-0.39, 0.29) is 41.2 Å². The Labute approximate surface area is 225 Å². The Morgan fingerprint density at radius 1 is 1.41 bits per heavy atom. The number of rotatable bonds is 13. The van der Waals surface area contributed by atoms with Crippen LogP contribution in [0.15, 0.2) is 11.1 Å². The minimum absolute atomic E-state index is 0.0205. The Morgan fingerprint density at radius 2 is 2.10 bits per heavy atom. The molecule has 218 valence electrons. The van der Waals surface area contributed by atoms with E-state index in [2.05, 4.69) is 20.0 Å². The molecule has 1 aliphatic heterocycles. The van der Waals surface area contributed by atoms with Gasteiger partial charge in [-0.05, 0) is 20.8 Å². The second kappa shape index (κ2) is 12.0. The molecule has 0 radical (unpaired) electrons. The van der Waals surface area contributed by atoms with E-state index >= 15 is 0 Å². The van der Waals surface area contributed by atoms with Crippen molar-refractivity contribution in [3.63, 3.8) is 0 Å². The fourth-order valence-electron chi connectivity index (χ4n) is 3.51. The number of nitrogens with two attached hydrogens (primary N) is 1. The van der Waals surface area contributed by atoms with Crippen LogP contribution < -0.4 is 16.4 Å². The molecule has 5 atom stereocenters. The fraction of sp³-hybridized carbons (Fsp3) is 0.650. The number of fused-ring (bicyclic) bond motifs is 1. The van der Waals surface area contributed by atoms with E-state index in [1.54, 1.807) is 13.8 Å². The number of aliphatic hydroxyl groups excluding tert-OH is 2. The van der Waals surface area contributed by atoms with Gasteiger partial charge in [0.2, 0.25) is 5.95 Å². The summed E-state index contributed by atoms with van der Waals surface area (Å²) in [5.74, 6) is -1.55. The second-order valence-electron chi connectivity index (χ2n) is 9.51. The monoisotopic (exact) mass is 594 g/mol. The van der Waals surface area contributed by atoms with Crippen molar-refractivity contribution in [1.29, 1.82) is 0 Å². The molecule has 2 aromatic rings. The molecule has 1 fully saturated rings. The van der Waals surface area contributed by atoms with Crippen molar-refractivity contribution in [3.8, 4) is 0 Å². The number of thioether (sulfide) groups is 1. The highest BCUT2D eigenvalue weighted by atomic mass is 32.2. The Bertz CT molecular complexity index is 1310. The number of H-pyrrole nitrogens is 1. The first-order chi connectivity index (χ1) is 18.1. The van der Waals surface area contributed by atoms with Gasteiger partial charge in [0.05, 0.1) is 31.6 Å². The van der Waals surface area contributed by atoms with Crippen molar-refractivity contribution in [2.24, 2.45) is 5.41 Å². The molecule has 0 bridgehead atoms. The van der Waals surface area contributed by atoms with Crippen molar-refractivity contribution in [2.45, 2.75) is 44.8 Å². The number of aliphatic hydroxyl groups is 3. The molecular weight excluding hydrogens is 563 g/mol. The SMILES string of the molecule is CC(C)(CO)C(=O)SCCOP(=O)(NCC(=O)O)OCC1OC(n2cnc3c(=O)[nH]c(N)nc32)C(C)(O)C1O. The molecular formula is C20H31N6O11PS. The predicted octanol–water partition coefficient (Wildman–Crippen LogP) is -1.20. The molecule has 0 amide bonds. The number of anilines is 1. The topological polar surface area (TPSA) is 261 Å². The molecule has 19 heteroatoms. The average Bonchev–Trinajstić information content (AvgIpc) is 3.37. The number of hydrogen-bond acceptors (Lipinski definition) is 14. The third-order valence-corrected chi connectivity index (χ3v) is 8.56. The maximum Gasteiger partial charge on any atom is 0.406 e. The maximum atomic E-state index is 13.2. The Kier molecular flexibility index (Phi) is 9.57. The van der Waals surface area contributed by atoms with Crippen LogP contribution in [-0.2, 0) is 27.9 Å². The van der Waals surface area contributed by atoms with E-state index in [1.807, 2.05) is 0 Å². The van der Waals surface area contributed by atoms with Gasteiger partial charge in [0.25, 0.3) is 5.56 Å². The first-order valence-corrected chi connectivity index (χ1v) is 14.1. The lowest BCUT2D eigenvalue weighted by molar-refractivity contribution is -0.135. The number of hydrogen-bond donors (Lipinski definition) is 7. The molecule has 0 aliphatic carbocycles. The van der Waals surface area contributed by atoms with Gasteiger partial charge in [-0.15, -0.1) is 0 Å². The number of aliphatic carboxylic acids is 1. The highest BCUT2D eigenvalue weighted by Gasteiger charge is 2.54. The van der Waals surface area contributed by atoms with Gasteiger partial charge in [-0.3, -0.25) is 33.0 Å². The van der Waals surface area contributed by atoms with Gasteiger partial charge in [-0.1, -0.05) is 11.8 Å². The van der Waals surface area contributed by atoms with Gasteiger partial charge >= 0.3 is 13.7 Å². The maximum absolute atomic E-state index is 13.2. The summed E-state index contributed by atoms with van der Waals surface area (Å²) >= 11 is 0.828. The van der Waals surface area contributed by atoms with E-state index in [9.17, 15) is 34.3 Å². The standard InChI is InChI=1S/C20H31N6O11PS/c1-19(2,8-27)17(32)39-5-4-35-38(34,23-6-11(28)29)36-7-10-13(30)20(3,33)16(37-10)26-9-22-12-14(26)24-18(21)25-15(12)31/h9-10,13,16,27,30,33H,4-8H2,1-3H3,(H,23,34)(H,28,29)(H3,21,24,25,31). The van der Waals surface area contributed by atoms with E-state index < -0.39 is 61.9 Å². The number of carboxylic acid groups (broad SMARTS) is 1. The molecule has 0 aromatic carbocycles. The number of nitrogen functional groups attached to an aromatic ring is 1. The van der Waals surface area contributed by atoms with Crippen LogP contribution in [0.1, 0.15) is 27.0 Å². The number of carbonyl (C=O) groups excluding carboxylic acids is 1.